The first-order valence-electron chi connectivity index (χ1n) is 11.7. The molecule has 0 aliphatic heterocycles. The molecule has 2 N–H and O–H groups in total. The van der Waals surface area contributed by atoms with Crippen LogP contribution in [0.15, 0.2) is 77.9 Å². The molecular formula is C28H29N3O5. The number of hydrazone groups is 1. The fraction of sp³-hybridized carbons (Fsp3) is 0.214. The third-order valence-electron chi connectivity index (χ3n) is 5.04. The molecule has 0 atom stereocenters. The number of carbonyl (C=O) groups excluding carboxylic acids is 3. The third kappa shape index (κ3) is 8.39. The van der Waals surface area contributed by atoms with Gasteiger partial charge in [-0.1, -0.05) is 31.0 Å². The first-order chi connectivity index (χ1) is 17.4. The van der Waals surface area contributed by atoms with Crippen LogP contribution in [-0.2, 0) is 4.79 Å². The largest absolute Gasteiger partial charge is 0.494 e. The van der Waals surface area contributed by atoms with Crippen molar-refractivity contribution in [2.24, 2.45) is 5.10 Å². The Morgan fingerprint density at radius 2 is 1.64 bits per heavy atom. The molecule has 186 valence electrons. The van der Waals surface area contributed by atoms with Gasteiger partial charge in [-0.05, 0) is 79.6 Å². The van der Waals surface area contributed by atoms with E-state index in [4.69, 9.17) is 9.47 Å². The summed E-state index contributed by atoms with van der Waals surface area (Å²) < 4.78 is 11.0. The van der Waals surface area contributed by atoms with E-state index in [0.29, 0.717) is 34.8 Å². The van der Waals surface area contributed by atoms with Gasteiger partial charge in [0.1, 0.15) is 11.5 Å². The maximum absolute atomic E-state index is 12.4. The van der Waals surface area contributed by atoms with Crippen LogP contribution in [0.3, 0.4) is 0 Å². The van der Waals surface area contributed by atoms with Crippen LogP contribution in [0.25, 0.3) is 0 Å². The van der Waals surface area contributed by atoms with Crippen molar-refractivity contribution in [1.29, 1.82) is 0 Å². The molecule has 8 heteroatoms. The van der Waals surface area contributed by atoms with Crippen LogP contribution in [-0.4, -0.2) is 37.1 Å². The topological polar surface area (TPSA) is 106 Å². The fourth-order valence-corrected chi connectivity index (χ4v) is 3.08. The van der Waals surface area contributed by atoms with Crippen LogP contribution in [0, 0.1) is 6.92 Å². The summed E-state index contributed by atoms with van der Waals surface area (Å²) in [6.45, 7) is 4.42. The van der Waals surface area contributed by atoms with Gasteiger partial charge in [0.05, 0.1) is 24.9 Å². The molecule has 0 fully saturated rings. The van der Waals surface area contributed by atoms with Crippen LogP contribution in [0.1, 0.15) is 51.6 Å². The number of nitrogens with zero attached hydrogens (tertiary/aromatic N) is 1. The summed E-state index contributed by atoms with van der Waals surface area (Å²) >= 11 is 0. The molecule has 8 nitrogen and oxygen atoms in total. The number of carbonyl (C=O) groups is 3. The molecule has 0 saturated carbocycles. The summed E-state index contributed by atoms with van der Waals surface area (Å²) in [6.07, 6.45) is 3.48. The molecule has 0 aliphatic rings. The summed E-state index contributed by atoms with van der Waals surface area (Å²) in [5, 5.41) is 6.43. The average molecular weight is 488 g/mol. The number of esters is 1. The normalized spacial score (nSPS) is 10.6. The van der Waals surface area contributed by atoms with E-state index in [1.807, 2.05) is 13.0 Å². The van der Waals surface area contributed by atoms with Crippen molar-refractivity contribution >= 4 is 24.0 Å². The maximum atomic E-state index is 12.4. The van der Waals surface area contributed by atoms with Crippen molar-refractivity contribution in [3.8, 4) is 11.5 Å². The van der Waals surface area contributed by atoms with Gasteiger partial charge in [-0.15, -0.1) is 0 Å². The summed E-state index contributed by atoms with van der Waals surface area (Å²) in [6, 6.07) is 20.6. The Morgan fingerprint density at radius 3 is 2.33 bits per heavy atom. The molecule has 3 rings (SSSR count). The lowest BCUT2D eigenvalue weighted by Crippen LogP contribution is -2.34. The number of benzene rings is 3. The predicted molar refractivity (Wildman–Crippen MR) is 137 cm³/mol. The van der Waals surface area contributed by atoms with E-state index >= 15 is 0 Å². The Balaban J connectivity index is 1.42. The van der Waals surface area contributed by atoms with Gasteiger partial charge in [0, 0.05) is 5.56 Å². The second kappa shape index (κ2) is 13.4. The number of amides is 2. The lowest BCUT2D eigenvalue weighted by molar-refractivity contribution is -0.120. The number of rotatable bonds is 11. The molecule has 3 aromatic rings. The van der Waals surface area contributed by atoms with Crippen molar-refractivity contribution in [2.75, 3.05) is 13.2 Å². The van der Waals surface area contributed by atoms with Gasteiger partial charge in [0.25, 0.3) is 11.8 Å². The van der Waals surface area contributed by atoms with Gasteiger partial charge >= 0.3 is 5.97 Å². The lowest BCUT2D eigenvalue weighted by atomic mass is 10.1. The minimum atomic E-state index is -0.475. The van der Waals surface area contributed by atoms with Crippen molar-refractivity contribution in [3.05, 3.63) is 95.1 Å². The third-order valence-corrected chi connectivity index (χ3v) is 5.04. The summed E-state index contributed by atoms with van der Waals surface area (Å²) in [5.74, 6) is -0.178. The minimum Gasteiger partial charge on any atom is -0.494 e. The quantitative estimate of drug-likeness (QED) is 0.138. The van der Waals surface area contributed by atoms with Crippen LogP contribution >= 0.6 is 0 Å². The fourth-order valence-electron chi connectivity index (χ4n) is 3.08. The molecule has 0 unspecified atom stereocenters. The molecule has 0 aliphatic carbocycles. The zero-order chi connectivity index (χ0) is 25.8. The van der Waals surface area contributed by atoms with Crippen LogP contribution in [0.4, 0.5) is 0 Å². The predicted octanol–water partition coefficient (Wildman–Crippen LogP) is 4.27. The van der Waals surface area contributed by atoms with E-state index in [0.717, 1.165) is 18.4 Å². The number of hydrogen-bond acceptors (Lipinski definition) is 6. The average Bonchev–Trinajstić information content (AvgIpc) is 2.89. The van der Waals surface area contributed by atoms with E-state index in [1.54, 1.807) is 66.7 Å². The highest BCUT2D eigenvalue weighted by molar-refractivity contribution is 5.96. The van der Waals surface area contributed by atoms with Gasteiger partial charge < -0.3 is 14.8 Å². The number of nitrogens with one attached hydrogen (secondary N) is 2. The second-order valence-electron chi connectivity index (χ2n) is 8.03. The molecule has 36 heavy (non-hydrogen) atoms. The van der Waals surface area contributed by atoms with Crippen molar-refractivity contribution in [2.45, 2.75) is 26.7 Å². The molecule has 0 aromatic heterocycles. The van der Waals surface area contributed by atoms with Crippen molar-refractivity contribution < 1.29 is 23.9 Å². The van der Waals surface area contributed by atoms with Gasteiger partial charge in [0.15, 0.2) is 0 Å². The van der Waals surface area contributed by atoms with E-state index in [2.05, 4.69) is 22.8 Å². The first kappa shape index (κ1) is 26.2. The van der Waals surface area contributed by atoms with E-state index in [-0.39, 0.29) is 12.5 Å². The van der Waals surface area contributed by atoms with E-state index < -0.39 is 11.9 Å². The zero-order valence-corrected chi connectivity index (χ0v) is 20.3. The van der Waals surface area contributed by atoms with Crippen LogP contribution < -0.4 is 20.2 Å². The zero-order valence-electron chi connectivity index (χ0n) is 20.3. The standard InChI is InChI=1S/C28H29N3O5/c1-3-4-16-35-24-14-10-22(11-15-24)28(34)36-25-12-8-21(9-13-25)18-30-31-26(32)19-29-27(33)23-7-5-6-20(2)17-23/h5-15,17-18H,3-4,16,19H2,1-2H3,(H,29,33)(H,31,32)/b30-18+. The molecule has 0 bridgehead atoms. The second-order valence-corrected chi connectivity index (χ2v) is 8.03. The number of aryl methyl sites for hydroxylation is 1. The van der Waals surface area contributed by atoms with E-state index in [9.17, 15) is 14.4 Å². The summed E-state index contributed by atoms with van der Waals surface area (Å²) in [5.41, 5.74) is 4.91. The minimum absolute atomic E-state index is 0.204. The SMILES string of the molecule is CCCCOc1ccc(C(=O)Oc2ccc(/C=N/NC(=O)CNC(=O)c3cccc(C)c3)cc2)cc1. The Labute approximate surface area is 210 Å². The molecular weight excluding hydrogens is 458 g/mol. The summed E-state index contributed by atoms with van der Waals surface area (Å²) in [4.78, 5) is 36.4. The molecule has 2 amide bonds. The van der Waals surface area contributed by atoms with Gasteiger partial charge in [-0.2, -0.15) is 5.10 Å². The van der Waals surface area contributed by atoms with Gasteiger partial charge in [0.2, 0.25) is 0 Å². The molecule has 0 saturated heterocycles. The Bertz CT molecular complexity index is 1200. The number of ether oxygens (including phenoxy) is 2. The first-order valence-corrected chi connectivity index (χ1v) is 11.7. The maximum Gasteiger partial charge on any atom is 0.343 e. The van der Waals surface area contributed by atoms with Gasteiger partial charge in [-0.3, -0.25) is 9.59 Å². The lowest BCUT2D eigenvalue weighted by Gasteiger charge is -2.07. The monoisotopic (exact) mass is 487 g/mol. The molecule has 0 spiro atoms. The molecule has 0 heterocycles. The Morgan fingerprint density at radius 1 is 0.917 bits per heavy atom. The summed E-state index contributed by atoms with van der Waals surface area (Å²) in [7, 11) is 0. The Kier molecular flexibility index (Phi) is 9.76. The highest BCUT2D eigenvalue weighted by Crippen LogP contribution is 2.16. The Hall–Kier alpha value is -4.46. The number of unbranched alkanes of at least 4 members (excludes halogenated alkanes) is 1. The van der Waals surface area contributed by atoms with Crippen LogP contribution in [0.5, 0.6) is 11.5 Å². The smallest absolute Gasteiger partial charge is 0.343 e. The van der Waals surface area contributed by atoms with Crippen molar-refractivity contribution in [3.63, 3.8) is 0 Å². The highest BCUT2D eigenvalue weighted by atomic mass is 16.5. The molecule has 3 aromatic carbocycles. The highest BCUT2D eigenvalue weighted by Gasteiger charge is 2.09. The van der Waals surface area contributed by atoms with E-state index in [1.165, 1.54) is 6.21 Å². The molecule has 0 radical (unpaired) electrons. The van der Waals surface area contributed by atoms with Crippen LogP contribution in [0.2, 0.25) is 0 Å². The van der Waals surface area contributed by atoms with Crippen molar-refractivity contribution in [1.82, 2.24) is 10.7 Å². The van der Waals surface area contributed by atoms with Gasteiger partial charge in [-0.25, -0.2) is 10.2 Å². The number of hydrogen-bond donors (Lipinski definition) is 2.